The van der Waals surface area contributed by atoms with E-state index in [0.717, 1.165) is 18.7 Å². The number of likely N-dealkylation sites (tertiary alicyclic amines) is 1. The Morgan fingerprint density at radius 1 is 1.44 bits per heavy atom. The van der Waals surface area contributed by atoms with E-state index in [2.05, 4.69) is 4.90 Å². The predicted octanol–water partition coefficient (Wildman–Crippen LogP) is 2.53. The van der Waals surface area contributed by atoms with Crippen molar-refractivity contribution in [1.29, 1.82) is 0 Å². The number of hydrogen-bond donors (Lipinski definition) is 1. The molecular formula is C13H17Cl2NO2. The number of hydrogen-bond acceptors (Lipinski definition) is 3. The first-order valence-corrected chi connectivity index (χ1v) is 6.70. The molecule has 1 N–H and O–H groups in total. The van der Waals surface area contributed by atoms with E-state index in [1.165, 1.54) is 0 Å². The van der Waals surface area contributed by atoms with Crippen LogP contribution in [-0.4, -0.2) is 43.4 Å². The summed E-state index contributed by atoms with van der Waals surface area (Å²) in [6.07, 6.45) is 0.679. The summed E-state index contributed by atoms with van der Waals surface area (Å²) < 4.78 is 5.05. The van der Waals surface area contributed by atoms with E-state index in [-0.39, 0.29) is 0 Å². The second kappa shape index (κ2) is 5.76. The van der Waals surface area contributed by atoms with Crippen LogP contribution < -0.4 is 0 Å². The minimum absolute atomic E-state index is 0.526. The van der Waals surface area contributed by atoms with Gasteiger partial charge in [0, 0.05) is 42.4 Å². The number of β-amino-alcohol motifs (C(OH)–C–C–N with tert-alkyl or cyclic N) is 1. The van der Waals surface area contributed by atoms with Gasteiger partial charge in [0.1, 0.15) is 5.60 Å². The van der Waals surface area contributed by atoms with E-state index in [9.17, 15) is 5.11 Å². The second-order valence-electron chi connectivity index (χ2n) is 4.67. The summed E-state index contributed by atoms with van der Waals surface area (Å²) in [5, 5.41) is 11.8. The highest BCUT2D eigenvalue weighted by molar-refractivity contribution is 6.35. The molecule has 2 rings (SSSR count). The van der Waals surface area contributed by atoms with Crippen molar-refractivity contribution in [3.63, 3.8) is 0 Å². The van der Waals surface area contributed by atoms with Gasteiger partial charge in [-0.1, -0.05) is 29.3 Å². The van der Waals surface area contributed by atoms with Crippen molar-refractivity contribution < 1.29 is 9.84 Å². The molecule has 0 aromatic heterocycles. The Morgan fingerprint density at radius 2 is 2.22 bits per heavy atom. The summed E-state index contributed by atoms with van der Waals surface area (Å²) >= 11 is 12.0. The fraction of sp³-hybridized carbons (Fsp3) is 0.538. The van der Waals surface area contributed by atoms with Crippen LogP contribution in [0.1, 0.15) is 12.0 Å². The largest absolute Gasteiger partial charge is 0.384 e. The third-order valence-corrected chi connectivity index (χ3v) is 3.92. The van der Waals surface area contributed by atoms with Crippen LogP contribution in [0.5, 0.6) is 0 Å². The Labute approximate surface area is 117 Å². The molecule has 1 aromatic rings. The molecular weight excluding hydrogens is 273 g/mol. The Kier molecular flexibility index (Phi) is 4.51. The molecule has 1 aromatic carbocycles. The summed E-state index contributed by atoms with van der Waals surface area (Å²) in [5.74, 6) is 0. The van der Waals surface area contributed by atoms with Crippen molar-refractivity contribution in [3.05, 3.63) is 33.8 Å². The van der Waals surface area contributed by atoms with Crippen LogP contribution in [0.15, 0.2) is 18.2 Å². The van der Waals surface area contributed by atoms with Gasteiger partial charge in [-0.2, -0.15) is 0 Å². The lowest BCUT2D eigenvalue weighted by Crippen LogP contribution is -2.32. The van der Waals surface area contributed by atoms with Crippen LogP contribution in [0.2, 0.25) is 10.0 Å². The summed E-state index contributed by atoms with van der Waals surface area (Å²) in [6, 6.07) is 5.25. The zero-order valence-electron chi connectivity index (χ0n) is 10.3. The zero-order chi connectivity index (χ0) is 13.2. The maximum Gasteiger partial charge on any atom is 0.105 e. The fourth-order valence-electron chi connectivity index (χ4n) is 2.37. The maximum absolute atomic E-state index is 10.7. The Hall–Kier alpha value is -0.320. The molecule has 1 unspecified atom stereocenters. The fourth-order valence-corrected chi connectivity index (χ4v) is 2.95. The van der Waals surface area contributed by atoms with Crippen LogP contribution in [0.4, 0.5) is 0 Å². The molecule has 0 bridgehead atoms. The minimum atomic E-state index is -0.880. The first-order valence-electron chi connectivity index (χ1n) is 5.94. The molecule has 0 radical (unpaired) electrons. The molecule has 0 aliphatic carbocycles. The monoisotopic (exact) mass is 289 g/mol. The van der Waals surface area contributed by atoms with Gasteiger partial charge in [-0.05, 0) is 18.6 Å². The van der Waals surface area contributed by atoms with Gasteiger partial charge in [0.15, 0.2) is 0 Å². The van der Waals surface area contributed by atoms with Gasteiger partial charge in [0.25, 0.3) is 0 Å². The van der Waals surface area contributed by atoms with Gasteiger partial charge < -0.3 is 9.84 Å². The highest BCUT2D eigenvalue weighted by Gasteiger charge is 2.38. The SMILES string of the molecule is COCCN1CCC(O)(c2ccc(Cl)cc2Cl)C1. The van der Waals surface area contributed by atoms with Crippen molar-refractivity contribution >= 4 is 23.2 Å². The summed E-state index contributed by atoms with van der Waals surface area (Å²) in [6.45, 7) is 2.92. The van der Waals surface area contributed by atoms with Crippen molar-refractivity contribution in [3.8, 4) is 0 Å². The molecule has 1 aliphatic rings. The molecule has 0 amide bonds. The third kappa shape index (κ3) is 2.98. The Bertz CT molecular complexity index is 427. The van der Waals surface area contributed by atoms with Crippen molar-refractivity contribution in [2.24, 2.45) is 0 Å². The van der Waals surface area contributed by atoms with Gasteiger partial charge in [-0.25, -0.2) is 0 Å². The average Bonchev–Trinajstić information content (AvgIpc) is 2.69. The third-order valence-electron chi connectivity index (χ3n) is 3.37. The van der Waals surface area contributed by atoms with E-state index in [4.69, 9.17) is 27.9 Å². The van der Waals surface area contributed by atoms with E-state index in [1.807, 2.05) is 6.07 Å². The summed E-state index contributed by atoms with van der Waals surface area (Å²) in [7, 11) is 1.68. The second-order valence-corrected chi connectivity index (χ2v) is 5.52. The lowest BCUT2D eigenvalue weighted by Gasteiger charge is -2.25. The lowest BCUT2D eigenvalue weighted by molar-refractivity contribution is 0.0429. The average molecular weight is 290 g/mol. The molecule has 0 spiro atoms. The highest BCUT2D eigenvalue weighted by atomic mass is 35.5. The maximum atomic E-state index is 10.7. The van der Waals surface area contributed by atoms with Crippen molar-refractivity contribution in [2.45, 2.75) is 12.0 Å². The molecule has 1 fully saturated rings. The molecule has 1 aliphatic heterocycles. The molecule has 1 saturated heterocycles. The number of rotatable bonds is 4. The molecule has 0 saturated carbocycles. The lowest BCUT2D eigenvalue weighted by atomic mass is 9.93. The first-order chi connectivity index (χ1) is 8.55. The van der Waals surface area contributed by atoms with Crippen LogP contribution in [0.25, 0.3) is 0 Å². The van der Waals surface area contributed by atoms with Gasteiger partial charge in [0.05, 0.1) is 6.61 Å². The van der Waals surface area contributed by atoms with Gasteiger partial charge in [-0.3, -0.25) is 4.90 Å². The minimum Gasteiger partial charge on any atom is -0.384 e. The number of methoxy groups -OCH3 is 1. The van der Waals surface area contributed by atoms with Crippen LogP contribution in [-0.2, 0) is 10.3 Å². The topological polar surface area (TPSA) is 32.7 Å². The van der Waals surface area contributed by atoms with Crippen molar-refractivity contribution in [1.82, 2.24) is 4.90 Å². The molecule has 100 valence electrons. The Morgan fingerprint density at radius 3 is 2.89 bits per heavy atom. The van der Waals surface area contributed by atoms with Crippen molar-refractivity contribution in [2.75, 3.05) is 33.4 Å². The van der Waals surface area contributed by atoms with Crippen LogP contribution in [0, 0.1) is 0 Å². The summed E-state index contributed by atoms with van der Waals surface area (Å²) in [5.41, 5.74) is -0.122. The quantitative estimate of drug-likeness (QED) is 0.925. The van der Waals surface area contributed by atoms with E-state index in [0.29, 0.717) is 29.6 Å². The van der Waals surface area contributed by atoms with E-state index in [1.54, 1.807) is 19.2 Å². The summed E-state index contributed by atoms with van der Waals surface area (Å²) in [4.78, 5) is 2.18. The highest BCUT2D eigenvalue weighted by Crippen LogP contribution is 2.36. The van der Waals surface area contributed by atoms with Gasteiger partial charge in [-0.15, -0.1) is 0 Å². The van der Waals surface area contributed by atoms with Crippen LogP contribution >= 0.6 is 23.2 Å². The predicted molar refractivity (Wildman–Crippen MR) is 73.3 cm³/mol. The molecule has 1 heterocycles. The smallest absolute Gasteiger partial charge is 0.105 e. The van der Waals surface area contributed by atoms with Gasteiger partial charge in [0.2, 0.25) is 0 Å². The standard InChI is InChI=1S/C13H17Cl2NO2/c1-18-7-6-16-5-4-13(17,9-16)11-3-2-10(14)8-12(11)15/h2-3,8,17H,4-7,9H2,1H3. The van der Waals surface area contributed by atoms with E-state index >= 15 is 0 Å². The number of nitrogens with zero attached hydrogens (tertiary/aromatic N) is 1. The van der Waals surface area contributed by atoms with Gasteiger partial charge >= 0.3 is 0 Å². The number of ether oxygens (including phenoxy) is 1. The zero-order valence-corrected chi connectivity index (χ0v) is 11.8. The molecule has 3 nitrogen and oxygen atoms in total. The first kappa shape index (κ1) is 14.1. The molecule has 1 atom stereocenters. The number of halogens is 2. The molecule has 5 heteroatoms. The number of aliphatic hydroxyl groups is 1. The normalized spacial score (nSPS) is 24.7. The Balaban J connectivity index is 2.12. The number of benzene rings is 1. The molecule has 18 heavy (non-hydrogen) atoms. The van der Waals surface area contributed by atoms with Crippen LogP contribution in [0.3, 0.4) is 0 Å². The van der Waals surface area contributed by atoms with E-state index < -0.39 is 5.60 Å².